The van der Waals surface area contributed by atoms with Crippen molar-refractivity contribution in [1.82, 2.24) is 5.32 Å². The van der Waals surface area contributed by atoms with Crippen molar-refractivity contribution in [3.05, 3.63) is 59.7 Å². The Hall–Kier alpha value is -2.11. The number of aryl methyl sites for hydroxylation is 1. The fraction of sp³-hybridized carbons (Fsp3) is 0.316. The molecule has 0 amide bonds. The summed E-state index contributed by atoms with van der Waals surface area (Å²) < 4.78 is 5.23. The van der Waals surface area contributed by atoms with E-state index in [4.69, 9.17) is 17.0 Å². The molecule has 0 saturated carbocycles. The molecular formula is C19H26N3OS+. The van der Waals surface area contributed by atoms with Gasteiger partial charge in [-0.2, -0.15) is 0 Å². The van der Waals surface area contributed by atoms with Gasteiger partial charge in [0.1, 0.15) is 11.8 Å². The Bertz CT molecular complexity index is 671. The van der Waals surface area contributed by atoms with Crippen molar-refractivity contribution < 1.29 is 9.64 Å². The highest BCUT2D eigenvalue weighted by atomic mass is 32.1. The number of methoxy groups -OCH3 is 1. The van der Waals surface area contributed by atoms with Crippen LogP contribution >= 0.6 is 12.2 Å². The maximum Gasteiger partial charge on any atom is 0.171 e. The fourth-order valence-electron chi connectivity index (χ4n) is 2.58. The summed E-state index contributed by atoms with van der Waals surface area (Å²) in [6, 6.07) is 16.7. The topological polar surface area (TPSA) is 37.7 Å². The van der Waals surface area contributed by atoms with Crippen molar-refractivity contribution in [3.63, 3.8) is 0 Å². The van der Waals surface area contributed by atoms with Gasteiger partial charge in [0, 0.05) is 11.3 Å². The number of rotatable bonds is 6. The first-order valence-electron chi connectivity index (χ1n) is 8.05. The van der Waals surface area contributed by atoms with Gasteiger partial charge in [-0.3, -0.25) is 0 Å². The molecule has 2 rings (SSSR count). The normalized spacial score (nSPS) is 11.9. The summed E-state index contributed by atoms with van der Waals surface area (Å²) in [6.45, 7) is 2.82. The number of anilines is 1. The first-order chi connectivity index (χ1) is 11.5. The standard InChI is InChI=1S/C19H25N3OS/c1-14-6-5-7-16(12-14)21-19(24)20-13-18(22(2)3)15-8-10-17(23-4)11-9-15/h5-12,18H,13H2,1-4H3,(H2,20,21,24)/p+1/t18-/m1/s1. The van der Waals surface area contributed by atoms with E-state index in [-0.39, 0.29) is 0 Å². The Labute approximate surface area is 149 Å². The van der Waals surface area contributed by atoms with Gasteiger partial charge in [-0.1, -0.05) is 12.1 Å². The molecule has 0 fully saturated rings. The van der Waals surface area contributed by atoms with Crippen LogP contribution in [0.1, 0.15) is 17.2 Å². The van der Waals surface area contributed by atoms with E-state index < -0.39 is 0 Å². The lowest BCUT2D eigenvalue weighted by atomic mass is 10.1. The predicted molar refractivity (Wildman–Crippen MR) is 104 cm³/mol. The molecule has 3 N–H and O–H groups in total. The number of benzene rings is 2. The van der Waals surface area contributed by atoms with Crippen LogP contribution in [0.25, 0.3) is 0 Å². The summed E-state index contributed by atoms with van der Waals surface area (Å²) in [5.41, 5.74) is 3.46. The second-order valence-corrected chi connectivity index (χ2v) is 6.52. The average Bonchev–Trinajstić information content (AvgIpc) is 2.55. The van der Waals surface area contributed by atoms with Crippen molar-refractivity contribution in [1.29, 1.82) is 0 Å². The number of ether oxygens (including phenoxy) is 1. The minimum absolute atomic E-state index is 0.299. The van der Waals surface area contributed by atoms with Gasteiger partial charge in [0.05, 0.1) is 27.7 Å². The van der Waals surface area contributed by atoms with Gasteiger partial charge in [-0.15, -0.1) is 0 Å². The van der Waals surface area contributed by atoms with Crippen LogP contribution in [0, 0.1) is 6.92 Å². The molecule has 0 aliphatic heterocycles. The molecule has 0 radical (unpaired) electrons. The van der Waals surface area contributed by atoms with Gasteiger partial charge in [-0.25, -0.2) is 0 Å². The van der Waals surface area contributed by atoms with Crippen LogP contribution in [0.5, 0.6) is 5.75 Å². The predicted octanol–water partition coefficient (Wildman–Crippen LogP) is 2.18. The van der Waals surface area contributed by atoms with E-state index in [1.807, 2.05) is 24.3 Å². The quantitative estimate of drug-likeness (QED) is 0.702. The zero-order valence-corrected chi connectivity index (χ0v) is 15.5. The second-order valence-electron chi connectivity index (χ2n) is 6.11. The highest BCUT2D eigenvalue weighted by molar-refractivity contribution is 7.80. The third-order valence-corrected chi connectivity index (χ3v) is 4.20. The molecule has 5 heteroatoms. The molecule has 0 saturated heterocycles. The number of thiocarbonyl (C=S) groups is 1. The van der Waals surface area contributed by atoms with E-state index in [1.165, 1.54) is 16.0 Å². The van der Waals surface area contributed by atoms with Gasteiger partial charge in [-0.05, 0) is 61.1 Å². The molecule has 4 nitrogen and oxygen atoms in total. The number of hydrogen-bond donors (Lipinski definition) is 3. The Morgan fingerprint density at radius 3 is 2.46 bits per heavy atom. The number of quaternary nitrogens is 1. The van der Waals surface area contributed by atoms with E-state index in [0.717, 1.165) is 18.0 Å². The van der Waals surface area contributed by atoms with Crippen LogP contribution in [0.15, 0.2) is 48.5 Å². The minimum atomic E-state index is 0.299. The molecule has 0 heterocycles. The smallest absolute Gasteiger partial charge is 0.171 e. The van der Waals surface area contributed by atoms with Gasteiger partial charge < -0.3 is 20.3 Å². The largest absolute Gasteiger partial charge is 0.497 e. The molecule has 0 aliphatic carbocycles. The fourth-order valence-corrected chi connectivity index (χ4v) is 2.79. The second kappa shape index (κ2) is 8.66. The molecule has 2 aromatic carbocycles. The van der Waals surface area contributed by atoms with Crippen molar-refractivity contribution >= 4 is 23.0 Å². The summed E-state index contributed by atoms with van der Waals surface area (Å²) in [6.07, 6.45) is 0. The number of nitrogens with one attached hydrogen (secondary N) is 3. The lowest BCUT2D eigenvalue weighted by Crippen LogP contribution is -3.07. The zero-order valence-electron chi connectivity index (χ0n) is 14.7. The SMILES string of the molecule is COc1ccc([C@@H](CNC(=S)Nc2cccc(C)c2)[NH+](C)C)cc1. The molecule has 128 valence electrons. The van der Waals surface area contributed by atoms with E-state index in [9.17, 15) is 0 Å². The van der Waals surface area contributed by atoms with Gasteiger partial charge in [0.2, 0.25) is 0 Å². The van der Waals surface area contributed by atoms with Crippen molar-refractivity contribution in [2.75, 3.05) is 33.1 Å². The molecule has 24 heavy (non-hydrogen) atoms. The summed E-state index contributed by atoms with van der Waals surface area (Å²) in [7, 11) is 5.97. The molecule has 0 aromatic heterocycles. The summed E-state index contributed by atoms with van der Waals surface area (Å²) in [5.74, 6) is 0.871. The average molecular weight is 345 g/mol. The van der Waals surface area contributed by atoms with Crippen LogP contribution in [0.2, 0.25) is 0 Å². The maximum absolute atomic E-state index is 5.42. The monoisotopic (exact) mass is 344 g/mol. The minimum Gasteiger partial charge on any atom is -0.497 e. The number of hydrogen-bond acceptors (Lipinski definition) is 2. The molecule has 2 aromatic rings. The summed E-state index contributed by atoms with van der Waals surface area (Å²) >= 11 is 5.42. The Morgan fingerprint density at radius 1 is 1.17 bits per heavy atom. The van der Waals surface area contributed by atoms with Crippen LogP contribution in [-0.4, -0.2) is 32.9 Å². The third kappa shape index (κ3) is 5.22. The summed E-state index contributed by atoms with van der Waals surface area (Å²) in [5, 5.41) is 7.20. The van der Waals surface area contributed by atoms with E-state index in [0.29, 0.717) is 11.2 Å². The molecule has 0 spiro atoms. The Balaban J connectivity index is 1.96. The van der Waals surface area contributed by atoms with Crippen LogP contribution < -0.4 is 20.3 Å². The van der Waals surface area contributed by atoms with E-state index in [1.54, 1.807) is 7.11 Å². The highest BCUT2D eigenvalue weighted by Gasteiger charge is 2.18. The molecule has 0 aliphatic rings. The van der Waals surface area contributed by atoms with Crippen molar-refractivity contribution in [2.45, 2.75) is 13.0 Å². The molecule has 1 atom stereocenters. The van der Waals surface area contributed by atoms with Gasteiger partial charge in [0.25, 0.3) is 0 Å². The van der Waals surface area contributed by atoms with Crippen LogP contribution in [0.4, 0.5) is 5.69 Å². The highest BCUT2D eigenvalue weighted by Crippen LogP contribution is 2.15. The van der Waals surface area contributed by atoms with E-state index >= 15 is 0 Å². The maximum atomic E-state index is 5.42. The molecule has 0 bridgehead atoms. The van der Waals surface area contributed by atoms with Crippen molar-refractivity contribution in [3.8, 4) is 5.75 Å². The number of likely N-dealkylation sites (N-methyl/N-ethyl adjacent to an activating group) is 1. The van der Waals surface area contributed by atoms with Crippen LogP contribution in [-0.2, 0) is 0 Å². The zero-order chi connectivity index (χ0) is 17.5. The third-order valence-electron chi connectivity index (χ3n) is 3.96. The lowest BCUT2D eigenvalue weighted by Gasteiger charge is -2.23. The summed E-state index contributed by atoms with van der Waals surface area (Å²) in [4.78, 5) is 1.34. The van der Waals surface area contributed by atoms with E-state index in [2.05, 4.69) is 55.9 Å². The molecular weight excluding hydrogens is 318 g/mol. The van der Waals surface area contributed by atoms with Gasteiger partial charge >= 0.3 is 0 Å². The Morgan fingerprint density at radius 2 is 1.88 bits per heavy atom. The molecule has 0 unspecified atom stereocenters. The van der Waals surface area contributed by atoms with Gasteiger partial charge in [0.15, 0.2) is 5.11 Å². The Kier molecular flexibility index (Phi) is 6.58. The first-order valence-corrected chi connectivity index (χ1v) is 8.46. The van der Waals surface area contributed by atoms with Crippen LogP contribution in [0.3, 0.4) is 0 Å². The lowest BCUT2D eigenvalue weighted by molar-refractivity contribution is -0.890. The first kappa shape index (κ1) is 18.2. The van der Waals surface area contributed by atoms with Crippen molar-refractivity contribution in [2.24, 2.45) is 0 Å².